The van der Waals surface area contributed by atoms with Gasteiger partial charge in [0.1, 0.15) is 11.6 Å². The van der Waals surface area contributed by atoms with Crippen LogP contribution in [0.25, 0.3) is 0 Å². The van der Waals surface area contributed by atoms with Crippen molar-refractivity contribution >= 4 is 27.5 Å². The quantitative estimate of drug-likeness (QED) is 0.693. The first kappa shape index (κ1) is 14.4. The zero-order valence-corrected chi connectivity index (χ0v) is 12.9. The van der Waals surface area contributed by atoms with Gasteiger partial charge in [0, 0.05) is 10.0 Å². The largest absolute Gasteiger partial charge is 0.496 e. The minimum absolute atomic E-state index is 0.324. The summed E-state index contributed by atoms with van der Waals surface area (Å²) in [5, 5.41) is -0.447. The van der Waals surface area contributed by atoms with Gasteiger partial charge in [-0.3, -0.25) is 0 Å². The molecular weight excluding hydrogens is 331 g/mol. The zero-order chi connectivity index (χ0) is 14.0. The Hall–Kier alpha value is -1.06. The fourth-order valence-corrected chi connectivity index (χ4v) is 2.46. The second-order valence-electron chi connectivity index (χ2n) is 4.26. The average Bonchev–Trinajstić information content (AvgIpc) is 2.41. The van der Waals surface area contributed by atoms with Crippen molar-refractivity contribution in [3.63, 3.8) is 0 Å². The van der Waals surface area contributed by atoms with E-state index in [1.54, 1.807) is 13.2 Å². The molecule has 0 aromatic heterocycles. The van der Waals surface area contributed by atoms with Crippen LogP contribution in [-0.4, -0.2) is 7.11 Å². The molecule has 2 aromatic rings. The van der Waals surface area contributed by atoms with E-state index in [9.17, 15) is 4.39 Å². The molecule has 0 amide bonds. The molecule has 2 rings (SSSR count). The maximum atomic E-state index is 13.4. The molecular formula is C15H13BrClFO. The number of alkyl halides is 1. The van der Waals surface area contributed by atoms with Crippen molar-refractivity contribution in [2.24, 2.45) is 0 Å². The van der Waals surface area contributed by atoms with Crippen LogP contribution in [0.2, 0.25) is 0 Å². The van der Waals surface area contributed by atoms with E-state index in [4.69, 9.17) is 16.3 Å². The molecule has 0 fully saturated rings. The smallest absolute Gasteiger partial charge is 0.124 e. The van der Waals surface area contributed by atoms with E-state index in [1.165, 1.54) is 12.1 Å². The molecule has 0 spiro atoms. The molecule has 0 bridgehead atoms. The zero-order valence-electron chi connectivity index (χ0n) is 10.6. The highest BCUT2D eigenvalue weighted by Crippen LogP contribution is 2.36. The summed E-state index contributed by atoms with van der Waals surface area (Å²) in [6, 6.07) is 10.2. The molecule has 0 saturated carbocycles. The number of methoxy groups -OCH3 is 1. The standard InChI is InChI=1S/C15H13BrClFO/c1-9-7-10(3-5-13(9)16)15(17)12-8-11(18)4-6-14(12)19-2/h3-8,15H,1-2H3. The number of benzene rings is 2. The third-order valence-electron chi connectivity index (χ3n) is 2.94. The van der Waals surface area contributed by atoms with Crippen molar-refractivity contribution < 1.29 is 9.13 Å². The van der Waals surface area contributed by atoms with E-state index in [1.807, 2.05) is 25.1 Å². The van der Waals surface area contributed by atoms with Crippen LogP contribution in [-0.2, 0) is 0 Å². The lowest BCUT2D eigenvalue weighted by atomic mass is 10.0. The highest BCUT2D eigenvalue weighted by atomic mass is 79.9. The van der Waals surface area contributed by atoms with Crippen LogP contribution in [0.1, 0.15) is 22.1 Å². The summed E-state index contributed by atoms with van der Waals surface area (Å²) in [5.41, 5.74) is 2.62. The van der Waals surface area contributed by atoms with Crippen LogP contribution in [0.15, 0.2) is 40.9 Å². The molecule has 1 unspecified atom stereocenters. The van der Waals surface area contributed by atoms with Gasteiger partial charge < -0.3 is 4.74 Å². The van der Waals surface area contributed by atoms with E-state index in [0.29, 0.717) is 11.3 Å². The first-order valence-electron chi connectivity index (χ1n) is 5.76. The van der Waals surface area contributed by atoms with Gasteiger partial charge in [0.15, 0.2) is 0 Å². The first-order chi connectivity index (χ1) is 9.02. The summed E-state index contributed by atoms with van der Waals surface area (Å²) < 4.78 is 19.6. The Morgan fingerprint density at radius 3 is 2.58 bits per heavy atom. The van der Waals surface area contributed by atoms with Crippen molar-refractivity contribution in [3.05, 3.63) is 63.4 Å². The van der Waals surface area contributed by atoms with Crippen LogP contribution < -0.4 is 4.74 Å². The van der Waals surface area contributed by atoms with E-state index >= 15 is 0 Å². The lowest BCUT2D eigenvalue weighted by Gasteiger charge is -2.15. The number of halogens is 3. The van der Waals surface area contributed by atoms with Crippen molar-refractivity contribution in [2.45, 2.75) is 12.3 Å². The number of rotatable bonds is 3. The molecule has 0 aliphatic carbocycles. The number of ether oxygens (including phenoxy) is 1. The molecule has 4 heteroatoms. The molecule has 0 radical (unpaired) electrons. The topological polar surface area (TPSA) is 9.23 Å². The maximum Gasteiger partial charge on any atom is 0.124 e. The molecule has 19 heavy (non-hydrogen) atoms. The van der Waals surface area contributed by atoms with Crippen LogP contribution in [0, 0.1) is 12.7 Å². The van der Waals surface area contributed by atoms with Crippen LogP contribution in [0.4, 0.5) is 4.39 Å². The average molecular weight is 344 g/mol. The van der Waals surface area contributed by atoms with E-state index in [0.717, 1.165) is 15.6 Å². The van der Waals surface area contributed by atoms with Crippen molar-refractivity contribution in [2.75, 3.05) is 7.11 Å². The monoisotopic (exact) mass is 342 g/mol. The van der Waals surface area contributed by atoms with Gasteiger partial charge in [-0.05, 0) is 42.3 Å². The number of aryl methyl sites for hydroxylation is 1. The van der Waals surface area contributed by atoms with Crippen LogP contribution >= 0.6 is 27.5 Å². The van der Waals surface area contributed by atoms with Gasteiger partial charge in [-0.1, -0.05) is 28.1 Å². The summed E-state index contributed by atoms with van der Waals surface area (Å²) in [6.45, 7) is 1.99. The third-order valence-corrected chi connectivity index (χ3v) is 4.32. The highest BCUT2D eigenvalue weighted by Gasteiger charge is 2.17. The summed E-state index contributed by atoms with van der Waals surface area (Å²) in [6.07, 6.45) is 0. The third kappa shape index (κ3) is 3.10. The van der Waals surface area contributed by atoms with Gasteiger partial charge in [-0.15, -0.1) is 11.6 Å². The summed E-state index contributed by atoms with van der Waals surface area (Å²) >= 11 is 9.90. The van der Waals surface area contributed by atoms with Gasteiger partial charge >= 0.3 is 0 Å². The number of hydrogen-bond acceptors (Lipinski definition) is 1. The fourth-order valence-electron chi connectivity index (χ4n) is 1.91. The van der Waals surface area contributed by atoms with Gasteiger partial charge in [0.2, 0.25) is 0 Å². The molecule has 2 aromatic carbocycles. The molecule has 0 N–H and O–H groups in total. The van der Waals surface area contributed by atoms with Gasteiger partial charge in [-0.2, -0.15) is 0 Å². The Labute approximate surface area is 125 Å². The maximum absolute atomic E-state index is 13.4. The summed E-state index contributed by atoms with van der Waals surface area (Å²) in [4.78, 5) is 0. The van der Waals surface area contributed by atoms with E-state index in [2.05, 4.69) is 15.9 Å². The van der Waals surface area contributed by atoms with Crippen molar-refractivity contribution in [1.29, 1.82) is 0 Å². The Morgan fingerprint density at radius 1 is 1.21 bits per heavy atom. The van der Waals surface area contributed by atoms with Crippen LogP contribution in [0.3, 0.4) is 0 Å². The normalized spacial score (nSPS) is 12.3. The van der Waals surface area contributed by atoms with E-state index < -0.39 is 5.38 Å². The predicted octanol–water partition coefficient (Wildman–Crippen LogP) is 5.23. The lowest BCUT2D eigenvalue weighted by Crippen LogP contribution is -1.99. The second-order valence-corrected chi connectivity index (χ2v) is 5.55. The SMILES string of the molecule is COc1ccc(F)cc1C(Cl)c1ccc(Br)c(C)c1. The van der Waals surface area contributed by atoms with Crippen molar-refractivity contribution in [3.8, 4) is 5.75 Å². The van der Waals surface area contributed by atoms with Crippen LogP contribution in [0.5, 0.6) is 5.75 Å². The summed E-state index contributed by atoms with van der Waals surface area (Å²) in [7, 11) is 1.55. The van der Waals surface area contributed by atoms with Crippen molar-refractivity contribution in [1.82, 2.24) is 0 Å². The van der Waals surface area contributed by atoms with Gasteiger partial charge in [0.25, 0.3) is 0 Å². The first-order valence-corrected chi connectivity index (χ1v) is 6.99. The Balaban J connectivity index is 2.45. The van der Waals surface area contributed by atoms with Gasteiger partial charge in [-0.25, -0.2) is 4.39 Å². The molecule has 0 saturated heterocycles. The number of hydrogen-bond donors (Lipinski definition) is 0. The fraction of sp³-hybridized carbons (Fsp3) is 0.200. The van der Waals surface area contributed by atoms with Gasteiger partial charge in [0.05, 0.1) is 12.5 Å². The minimum Gasteiger partial charge on any atom is -0.496 e. The molecule has 1 atom stereocenters. The predicted molar refractivity (Wildman–Crippen MR) is 79.5 cm³/mol. The summed E-state index contributed by atoms with van der Waals surface area (Å²) in [5.74, 6) is 0.261. The molecule has 1 nitrogen and oxygen atoms in total. The second kappa shape index (κ2) is 5.93. The highest BCUT2D eigenvalue weighted by molar-refractivity contribution is 9.10. The molecule has 0 aliphatic rings. The molecule has 0 heterocycles. The Morgan fingerprint density at radius 2 is 1.95 bits per heavy atom. The molecule has 100 valence electrons. The lowest BCUT2D eigenvalue weighted by molar-refractivity contribution is 0.409. The minimum atomic E-state index is -0.447. The Kier molecular flexibility index (Phi) is 4.48. The Bertz CT molecular complexity index is 601. The van der Waals surface area contributed by atoms with E-state index in [-0.39, 0.29) is 5.82 Å². The molecule has 0 aliphatic heterocycles.